The van der Waals surface area contributed by atoms with Gasteiger partial charge in [0, 0.05) is 56.3 Å². The molecule has 1 unspecified atom stereocenters. The third kappa shape index (κ3) is 4.27. The number of benzene rings is 2. The highest BCUT2D eigenvalue weighted by Gasteiger charge is 2.37. The topological polar surface area (TPSA) is 55.7 Å². The standard InChI is InChI=1S/C22H21Cl2NO3S/c1-13-5-15(3-4-19(13)21(26)6-14-11-29(27)12-14)20-10-22(2,28-25-20)16-7-17(23)9-18(24)8-16/h3-5,7-9,14H,6,10-12H2,1-2H3. The van der Waals surface area contributed by atoms with Crippen molar-refractivity contribution in [1.29, 1.82) is 0 Å². The molecule has 4 nitrogen and oxygen atoms in total. The molecule has 0 saturated carbocycles. The molecule has 2 aliphatic rings. The van der Waals surface area contributed by atoms with Gasteiger partial charge in [-0.1, -0.05) is 40.5 Å². The number of oxime groups is 1. The average Bonchev–Trinajstić information content (AvgIpc) is 3.03. The van der Waals surface area contributed by atoms with Gasteiger partial charge in [-0.05, 0) is 55.2 Å². The van der Waals surface area contributed by atoms with E-state index in [9.17, 15) is 9.00 Å². The molecule has 7 heteroatoms. The first-order chi connectivity index (χ1) is 13.7. The van der Waals surface area contributed by atoms with Gasteiger partial charge in [-0.2, -0.15) is 0 Å². The molecule has 2 aromatic carbocycles. The first-order valence-electron chi connectivity index (χ1n) is 9.44. The number of carbonyl (C=O) groups excluding carboxylic acids is 1. The zero-order valence-corrected chi connectivity index (χ0v) is 18.5. The van der Waals surface area contributed by atoms with Crippen LogP contribution in [0, 0.1) is 12.8 Å². The normalized spacial score (nSPS) is 25.9. The zero-order valence-electron chi connectivity index (χ0n) is 16.2. The molecule has 2 aliphatic heterocycles. The van der Waals surface area contributed by atoms with Crippen molar-refractivity contribution in [1.82, 2.24) is 0 Å². The first kappa shape index (κ1) is 20.6. The largest absolute Gasteiger partial charge is 0.384 e. The molecule has 29 heavy (non-hydrogen) atoms. The van der Waals surface area contributed by atoms with Crippen LogP contribution in [0.15, 0.2) is 41.6 Å². The number of halogens is 2. The zero-order chi connectivity index (χ0) is 20.8. The van der Waals surface area contributed by atoms with E-state index in [1.54, 1.807) is 6.07 Å². The molecule has 0 aliphatic carbocycles. The predicted molar refractivity (Wildman–Crippen MR) is 118 cm³/mol. The number of rotatable bonds is 5. The fourth-order valence-corrected chi connectivity index (χ4v) is 5.55. The minimum Gasteiger partial charge on any atom is -0.384 e. The molecule has 2 aromatic rings. The summed E-state index contributed by atoms with van der Waals surface area (Å²) in [5.41, 5.74) is 3.60. The summed E-state index contributed by atoms with van der Waals surface area (Å²) in [6.07, 6.45) is 1.04. The summed E-state index contributed by atoms with van der Waals surface area (Å²) in [6, 6.07) is 11.1. The maximum atomic E-state index is 12.6. The van der Waals surface area contributed by atoms with Crippen LogP contribution >= 0.6 is 23.2 Å². The highest BCUT2D eigenvalue weighted by molar-refractivity contribution is 7.86. The Bertz CT molecular complexity index is 1020. The van der Waals surface area contributed by atoms with E-state index in [0.717, 1.165) is 28.0 Å². The number of ketones is 1. The van der Waals surface area contributed by atoms with Crippen LogP contribution in [0.4, 0.5) is 0 Å². The first-order valence-corrected chi connectivity index (χ1v) is 11.7. The molecule has 0 amide bonds. The second kappa shape index (κ2) is 7.86. The van der Waals surface area contributed by atoms with Crippen LogP contribution in [-0.4, -0.2) is 27.2 Å². The Hall–Kier alpha value is -1.69. The van der Waals surface area contributed by atoms with Crippen molar-refractivity contribution >= 4 is 45.5 Å². The molecule has 0 spiro atoms. The second-order valence-corrected chi connectivity index (χ2v) is 10.4. The summed E-state index contributed by atoms with van der Waals surface area (Å²) in [4.78, 5) is 18.4. The predicted octanol–water partition coefficient (Wildman–Crippen LogP) is 5.29. The number of nitrogens with zero attached hydrogens (tertiary/aromatic N) is 1. The van der Waals surface area contributed by atoms with Gasteiger partial charge in [0.15, 0.2) is 11.4 Å². The molecular formula is C22H21Cl2NO3S. The molecule has 4 rings (SSSR count). The molecule has 0 aromatic heterocycles. The van der Waals surface area contributed by atoms with Crippen molar-refractivity contribution in [3.63, 3.8) is 0 Å². The van der Waals surface area contributed by atoms with E-state index in [1.807, 2.05) is 44.2 Å². The van der Waals surface area contributed by atoms with Crippen LogP contribution in [0.1, 0.15) is 46.8 Å². The fourth-order valence-electron chi connectivity index (χ4n) is 3.83. The van der Waals surface area contributed by atoms with Gasteiger partial charge in [-0.25, -0.2) is 0 Å². The van der Waals surface area contributed by atoms with Gasteiger partial charge in [-0.15, -0.1) is 0 Å². The smallest absolute Gasteiger partial charge is 0.165 e. The number of Topliss-reactive ketones (excluding diaryl/α,β-unsaturated/α-hetero) is 1. The minimum absolute atomic E-state index is 0.110. The lowest BCUT2D eigenvalue weighted by atomic mass is 9.88. The van der Waals surface area contributed by atoms with Crippen molar-refractivity contribution in [3.8, 4) is 0 Å². The average molecular weight is 450 g/mol. The summed E-state index contributed by atoms with van der Waals surface area (Å²) in [7, 11) is -0.730. The van der Waals surface area contributed by atoms with Crippen LogP contribution in [0.5, 0.6) is 0 Å². The highest BCUT2D eigenvalue weighted by Crippen LogP contribution is 2.38. The minimum atomic E-state index is -0.730. The SMILES string of the molecule is Cc1cc(C2=NOC(C)(c3cc(Cl)cc(Cl)c3)C2)ccc1C(=O)CC1CS(=O)C1. The van der Waals surface area contributed by atoms with Gasteiger partial charge in [-0.3, -0.25) is 9.00 Å². The number of hydrogen-bond donors (Lipinski definition) is 0. The van der Waals surface area contributed by atoms with Crippen molar-refractivity contribution in [2.24, 2.45) is 11.1 Å². The Kier molecular flexibility index (Phi) is 5.58. The van der Waals surface area contributed by atoms with E-state index >= 15 is 0 Å². The molecule has 1 saturated heterocycles. The lowest BCUT2D eigenvalue weighted by Crippen LogP contribution is -2.32. The third-order valence-electron chi connectivity index (χ3n) is 5.51. The van der Waals surface area contributed by atoms with Crippen molar-refractivity contribution in [3.05, 3.63) is 68.7 Å². The third-order valence-corrected chi connectivity index (χ3v) is 7.64. The number of carbonyl (C=O) groups is 1. The second-order valence-electron chi connectivity index (χ2n) is 7.99. The van der Waals surface area contributed by atoms with Crippen molar-refractivity contribution in [2.45, 2.75) is 32.3 Å². The Balaban J connectivity index is 1.50. The van der Waals surface area contributed by atoms with Crippen LogP contribution in [0.3, 0.4) is 0 Å². The molecule has 2 heterocycles. The number of hydrogen-bond acceptors (Lipinski definition) is 4. The van der Waals surface area contributed by atoms with E-state index in [0.29, 0.717) is 34.4 Å². The molecular weight excluding hydrogens is 429 g/mol. The van der Waals surface area contributed by atoms with E-state index in [-0.39, 0.29) is 11.7 Å². The Morgan fingerprint density at radius 3 is 2.52 bits per heavy atom. The molecule has 0 bridgehead atoms. The molecule has 152 valence electrons. The maximum absolute atomic E-state index is 12.6. The van der Waals surface area contributed by atoms with Crippen LogP contribution < -0.4 is 0 Å². The Morgan fingerprint density at radius 2 is 1.90 bits per heavy atom. The van der Waals surface area contributed by atoms with E-state index in [4.69, 9.17) is 28.0 Å². The fraction of sp³-hybridized carbons (Fsp3) is 0.364. The van der Waals surface area contributed by atoms with Gasteiger partial charge in [0.1, 0.15) is 0 Å². The van der Waals surface area contributed by atoms with Gasteiger partial charge in [0.2, 0.25) is 0 Å². The molecule has 0 N–H and O–H groups in total. The summed E-state index contributed by atoms with van der Waals surface area (Å²) in [5, 5.41) is 5.41. The summed E-state index contributed by atoms with van der Waals surface area (Å²) in [6.45, 7) is 3.89. The van der Waals surface area contributed by atoms with E-state index < -0.39 is 16.4 Å². The van der Waals surface area contributed by atoms with Crippen LogP contribution in [-0.2, 0) is 21.2 Å². The quantitative estimate of drug-likeness (QED) is 0.582. The molecule has 0 radical (unpaired) electrons. The number of aryl methyl sites for hydroxylation is 1. The molecule has 1 atom stereocenters. The van der Waals surface area contributed by atoms with Crippen molar-refractivity contribution in [2.75, 3.05) is 11.5 Å². The lowest BCUT2D eigenvalue weighted by Gasteiger charge is -2.24. The van der Waals surface area contributed by atoms with Gasteiger partial charge in [0.25, 0.3) is 0 Å². The van der Waals surface area contributed by atoms with Gasteiger partial charge >= 0.3 is 0 Å². The summed E-state index contributed by atoms with van der Waals surface area (Å²) >= 11 is 12.3. The lowest BCUT2D eigenvalue weighted by molar-refractivity contribution is -0.00737. The van der Waals surface area contributed by atoms with E-state index in [2.05, 4.69) is 5.16 Å². The Morgan fingerprint density at radius 1 is 1.21 bits per heavy atom. The van der Waals surface area contributed by atoms with Crippen molar-refractivity contribution < 1.29 is 13.8 Å². The monoisotopic (exact) mass is 449 g/mol. The van der Waals surface area contributed by atoms with Crippen LogP contribution in [0.25, 0.3) is 0 Å². The maximum Gasteiger partial charge on any atom is 0.165 e. The van der Waals surface area contributed by atoms with Gasteiger partial charge in [0.05, 0.1) is 5.71 Å². The van der Waals surface area contributed by atoms with Crippen LogP contribution in [0.2, 0.25) is 10.0 Å². The molecule has 1 fully saturated rings. The summed E-state index contributed by atoms with van der Waals surface area (Å²) in [5.74, 6) is 1.64. The van der Waals surface area contributed by atoms with Gasteiger partial charge < -0.3 is 4.84 Å². The van der Waals surface area contributed by atoms with E-state index in [1.165, 1.54) is 0 Å². The summed E-state index contributed by atoms with van der Waals surface area (Å²) < 4.78 is 11.2. The highest BCUT2D eigenvalue weighted by atomic mass is 35.5. The Labute approximate surface area is 182 Å².